The molecule has 18 heavy (non-hydrogen) atoms. The summed E-state index contributed by atoms with van der Waals surface area (Å²) < 4.78 is 1.42. The van der Waals surface area contributed by atoms with Crippen molar-refractivity contribution in [2.75, 3.05) is 26.2 Å². The molecular weight excluding hydrogens is 229 g/mol. The fraction of sp³-hybridized carbons (Fsp3) is 1.00. The van der Waals surface area contributed by atoms with Gasteiger partial charge in [0.2, 0.25) is 0 Å². The van der Waals surface area contributed by atoms with Gasteiger partial charge in [-0.1, -0.05) is 53.4 Å². The van der Waals surface area contributed by atoms with Crippen LogP contribution in [0.15, 0.2) is 0 Å². The SMILES string of the molecule is CCCC[N+](CCCC)(CCCC)CCCC.[H-].[Na+]. The number of unbranched alkanes of at least 4 members (excludes halogenated alkanes) is 4. The van der Waals surface area contributed by atoms with E-state index in [1.807, 2.05) is 0 Å². The summed E-state index contributed by atoms with van der Waals surface area (Å²) in [6, 6.07) is 0. The fourth-order valence-electron chi connectivity index (χ4n) is 2.64. The summed E-state index contributed by atoms with van der Waals surface area (Å²) in [5, 5.41) is 0. The van der Waals surface area contributed by atoms with Crippen LogP contribution in [-0.2, 0) is 0 Å². The summed E-state index contributed by atoms with van der Waals surface area (Å²) in [7, 11) is 0. The van der Waals surface area contributed by atoms with E-state index in [1.165, 1.54) is 82.0 Å². The van der Waals surface area contributed by atoms with Crippen molar-refractivity contribution in [2.45, 2.75) is 79.1 Å². The molecule has 0 bridgehead atoms. The molecule has 0 aliphatic heterocycles. The second-order valence-corrected chi connectivity index (χ2v) is 5.65. The summed E-state index contributed by atoms with van der Waals surface area (Å²) in [5.41, 5.74) is 0. The summed E-state index contributed by atoms with van der Waals surface area (Å²) in [6.07, 6.45) is 11.1. The molecule has 0 N–H and O–H groups in total. The molecule has 1 nitrogen and oxygen atoms in total. The van der Waals surface area contributed by atoms with Gasteiger partial charge in [0.05, 0.1) is 26.2 Å². The molecule has 0 aliphatic carbocycles. The van der Waals surface area contributed by atoms with Gasteiger partial charge in [-0.05, 0) is 25.7 Å². The molecule has 0 heterocycles. The van der Waals surface area contributed by atoms with Crippen LogP contribution in [-0.4, -0.2) is 30.7 Å². The molecule has 0 fully saturated rings. The Morgan fingerprint density at radius 1 is 0.556 bits per heavy atom. The maximum absolute atomic E-state index is 2.33. The molecule has 0 saturated heterocycles. The third-order valence-electron chi connectivity index (χ3n) is 3.94. The molecule has 0 aromatic rings. The molecule has 0 saturated carbocycles. The normalized spacial score (nSPS) is 11.3. The number of hydrogen-bond donors (Lipinski definition) is 0. The van der Waals surface area contributed by atoms with E-state index in [9.17, 15) is 0 Å². The van der Waals surface area contributed by atoms with Crippen LogP contribution in [0.5, 0.6) is 0 Å². The van der Waals surface area contributed by atoms with Gasteiger partial charge >= 0.3 is 29.6 Å². The molecular formula is C16H37NNa+. The summed E-state index contributed by atoms with van der Waals surface area (Å²) >= 11 is 0. The molecule has 0 unspecified atom stereocenters. The van der Waals surface area contributed by atoms with Crippen molar-refractivity contribution >= 4 is 0 Å². The van der Waals surface area contributed by atoms with Gasteiger partial charge in [0.25, 0.3) is 0 Å². The molecule has 0 rings (SSSR count). The third kappa shape index (κ3) is 9.83. The zero-order chi connectivity index (χ0) is 13.0. The Hall–Kier alpha value is 0.960. The quantitative estimate of drug-likeness (QED) is 0.375. The predicted octanol–water partition coefficient (Wildman–Crippen LogP) is 2.12. The fourth-order valence-corrected chi connectivity index (χ4v) is 2.64. The van der Waals surface area contributed by atoms with Crippen LogP contribution < -0.4 is 29.6 Å². The maximum atomic E-state index is 2.33. The summed E-state index contributed by atoms with van der Waals surface area (Å²) in [4.78, 5) is 0. The van der Waals surface area contributed by atoms with E-state index in [0.29, 0.717) is 0 Å². The Bertz CT molecular complexity index is 127. The molecule has 106 valence electrons. The zero-order valence-electron chi connectivity index (χ0n) is 14.9. The number of hydrogen-bond acceptors (Lipinski definition) is 0. The van der Waals surface area contributed by atoms with Crippen molar-refractivity contribution in [3.05, 3.63) is 0 Å². The molecule has 0 radical (unpaired) electrons. The Kier molecular flexibility index (Phi) is 17.0. The third-order valence-corrected chi connectivity index (χ3v) is 3.94. The zero-order valence-corrected chi connectivity index (χ0v) is 15.9. The second kappa shape index (κ2) is 14.4. The average molecular weight is 266 g/mol. The summed E-state index contributed by atoms with van der Waals surface area (Å²) in [5.74, 6) is 0. The van der Waals surface area contributed by atoms with Crippen LogP contribution in [0.4, 0.5) is 0 Å². The van der Waals surface area contributed by atoms with Crippen LogP contribution in [0, 0.1) is 0 Å². The Morgan fingerprint density at radius 3 is 0.944 bits per heavy atom. The topological polar surface area (TPSA) is 0 Å². The van der Waals surface area contributed by atoms with E-state index >= 15 is 0 Å². The molecule has 0 spiro atoms. The van der Waals surface area contributed by atoms with Crippen molar-refractivity contribution in [1.29, 1.82) is 0 Å². The largest absolute Gasteiger partial charge is 1.00 e. The van der Waals surface area contributed by atoms with Gasteiger partial charge in [0.1, 0.15) is 0 Å². The van der Waals surface area contributed by atoms with Crippen LogP contribution in [0.25, 0.3) is 0 Å². The number of nitrogens with zero attached hydrogens (tertiary/aromatic N) is 1. The van der Waals surface area contributed by atoms with Gasteiger partial charge in [-0.2, -0.15) is 0 Å². The Morgan fingerprint density at radius 2 is 0.778 bits per heavy atom. The molecule has 0 aliphatic rings. The molecule has 0 amide bonds. The minimum absolute atomic E-state index is 0. The minimum Gasteiger partial charge on any atom is -1.00 e. The molecule has 0 aromatic carbocycles. The van der Waals surface area contributed by atoms with E-state index < -0.39 is 0 Å². The van der Waals surface area contributed by atoms with E-state index in [2.05, 4.69) is 27.7 Å². The van der Waals surface area contributed by atoms with E-state index in [0.717, 1.165) is 0 Å². The summed E-state index contributed by atoms with van der Waals surface area (Å²) in [6.45, 7) is 15.0. The van der Waals surface area contributed by atoms with Crippen molar-refractivity contribution in [3.8, 4) is 0 Å². The first-order valence-corrected chi connectivity index (χ1v) is 8.09. The van der Waals surface area contributed by atoms with Gasteiger partial charge in [-0.3, -0.25) is 0 Å². The maximum Gasteiger partial charge on any atom is 1.00 e. The van der Waals surface area contributed by atoms with Crippen LogP contribution in [0.1, 0.15) is 80.5 Å². The Balaban J connectivity index is -0.00000128. The standard InChI is InChI=1S/C16H36N.Na.H/c1-5-9-13-17(14-10-6-2,15-11-7-3)16-12-8-4;;/h5-16H2,1-4H3;;/q2*+1;-1. The molecule has 0 aromatic heterocycles. The van der Waals surface area contributed by atoms with Gasteiger partial charge in [-0.15, -0.1) is 0 Å². The number of rotatable bonds is 12. The molecule has 2 heteroatoms. The van der Waals surface area contributed by atoms with E-state index in [1.54, 1.807) is 0 Å². The smallest absolute Gasteiger partial charge is 1.00 e. The first-order valence-electron chi connectivity index (χ1n) is 8.09. The van der Waals surface area contributed by atoms with Crippen LogP contribution >= 0.6 is 0 Å². The van der Waals surface area contributed by atoms with Crippen molar-refractivity contribution < 1.29 is 35.5 Å². The monoisotopic (exact) mass is 266 g/mol. The van der Waals surface area contributed by atoms with Crippen molar-refractivity contribution in [3.63, 3.8) is 0 Å². The number of quaternary nitrogens is 1. The van der Waals surface area contributed by atoms with E-state index in [-0.39, 0.29) is 31.0 Å². The Labute approximate surface area is 140 Å². The van der Waals surface area contributed by atoms with Crippen molar-refractivity contribution in [2.24, 2.45) is 0 Å². The van der Waals surface area contributed by atoms with Gasteiger partial charge in [0, 0.05) is 0 Å². The first kappa shape index (κ1) is 21.3. The van der Waals surface area contributed by atoms with Gasteiger partial charge in [-0.25, -0.2) is 0 Å². The van der Waals surface area contributed by atoms with E-state index in [4.69, 9.17) is 0 Å². The predicted molar refractivity (Wildman–Crippen MR) is 80.5 cm³/mol. The van der Waals surface area contributed by atoms with Gasteiger partial charge in [0.15, 0.2) is 0 Å². The second-order valence-electron chi connectivity index (χ2n) is 5.65. The minimum atomic E-state index is 0. The first-order chi connectivity index (χ1) is 8.24. The average Bonchev–Trinajstić information content (AvgIpc) is 2.37. The van der Waals surface area contributed by atoms with Crippen LogP contribution in [0.3, 0.4) is 0 Å². The van der Waals surface area contributed by atoms with Crippen LogP contribution in [0.2, 0.25) is 0 Å². The van der Waals surface area contributed by atoms with Crippen molar-refractivity contribution in [1.82, 2.24) is 0 Å². The molecule has 0 atom stereocenters. The van der Waals surface area contributed by atoms with Gasteiger partial charge < -0.3 is 5.91 Å².